The Hall–Kier alpha value is -3.48. The number of carbonyl (C=O) groups excluding carboxylic acids is 1. The first-order valence-electron chi connectivity index (χ1n) is 8.77. The van der Waals surface area contributed by atoms with Crippen molar-refractivity contribution in [3.05, 3.63) is 69.8 Å². The highest BCUT2D eigenvalue weighted by Crippen LogP contribution is 2.16. The molecular weight excluding hydrogens is 342 g/mol. The molecule has 0 saturated heterocycles. The molecule has 1 aromatic heterocycles. The Morgan fingerprint density at radius 1 is 1.19 bits per heavy atom. The summed E-state index contributed by atoms with van der Waals surface area (Å²) in [5.74, 6) is 0.427. The molecule has 0 saturated carbocycles. The smallest absolute Gasteiger partial charge is 0.271 e. The van der Waals surface area contributed by atoms with E-state index < -0.39 is 0 Å². The van der Waals surface area contributed by atoms with Crippen LogP contribution in [0.25, 0.3) is 10.9 Å². The van der Waals surface area contributed by atoms with Gasteiger partial charge in [-0.3, -0.25) is 14.2 Å². The molecule has 136 valence electrons. The highest BCUT2D eigenvalue weighted by molar-refractivity contribution is 6.01. The van der Waals surface area contributed by atoms with E-state index in [4.69, 9.17) is 5.73 Å². The fourth-order valence-corrected chi connectivity index (χ4v) is 3.21. The van der Waals surface area contributed by atoms with Crippen LogP contribution in [0.2, 0.25) is 0 Å². The van der Waals surface area contributed by atoms with Gasteiger partial charge in [0.05, 0.1) is 16.6 Å². The van der Waals surface area contributed by atoms with Crippen LogP contribution in [0.3, 0.4) is 0 Å². The number of nitrogens with two attached hydrogens (primary N) is 1. The van der Waals surface area contributed by atoms with E-state index in [0.717, 1.165) is 24.2 Å². The van der Waals surface area contributed by atoms with Crippen molar-refractivity contribution in [1.82, 2.24) is 15.0 Å². The number of aromatic nitrogens is 2. The molecule has 1 aliphatic rings. The number of hydrogen-bond donors (Lipinski definition) is 2. The predicted octanol–water partition coefficient (Wildman–Crippen LogP) is 2.08. The van der Waals surface area contributed by atoms with Crippen molar-refractivity contribution in [2.24, 2.45) is 5.10 Å². The number of benzene rings is 2. The molecule has 0 bridgehead atoms. The summed E-state index contributed by atoms with van der Waals surface area (Å²) in [6.07, 6.45) is 1.71. The Bertz CT molecular complexity index is 1130. The van der Waals surface area contributed by atoms with Crippen LogP contribution in [0.15, 0.2) is 52.4 Å². The molecule has 2 aromatic carbocycles. The van der Waals surface area contributed by atoms with E-state index in [2.05, 4.69) is 15.5 Å². The van der Waals surface area contributed by atoms with E-state index in [0.29, 0.717) is 34.4 Å². The van der Waals surface area contributed by atoms with E-state index in [1.165, 1.54) is 0 Å². The lowest BCUT2D eigenvalue weighted by Gasteiger charge is -2.07. The third kappa shape index (κ3) is 3.19. The lowest BCUT2D eigenvalue weighted by molar-refractivity contribution is 0.0955. The summed E-state index contributed by atoms with van der Waals surface area (Å²) in [6.45, 7) is 2.51. The number of rotatable bonds is 3. The van der Waals surface area contributed by atoms with Gasteiger partial charge in [-0.1, -0.05) is 12.1 Å². The maximum Gasteiger partial charge on any atom is 0.271 e. The van der Waals surface area contributed by atoms with Crippen LogP contribution >= 0.6 is 0 Å². The van der Waals surface area contributed by atoms with Crippen LogP contribution in [-0.4, -0.2) is 21.2 Å². The van der Waals surface area contributed by atoms with Gasteiger partial charge in [0.2, 0.25) is 0 Å². The number of hydrogen-bond acceptors (Lipinski definition) is 5. The second-order valence-corrected chi connectivity index (χ2v) is 6.58. The van der Waals surface area contributed by atoms with Gasteiger partial charge in [-0.2, -0.15) is 5.10 Å². The third-order valence-electron chi connectivity index (χ3n) is 4.73. The number of nitrogens with zero attached hydrogens (tertiary/aromatic N) is 3. The molecule has 7 nitrogen and oxygen atoms in total. The molecule has 0 atom stereocenters. The highest BCUT2D eigenvalue weighted by Gasteiger charge is 2.17. The maximum atomic E-state index is 12.5. The molecule has 27 heavy (non-hydrogen) atoms. The van der Waals surface area contributed by atoms with E-state index in [9.17, 15) is 9.59 Å². The zero-order chi connectivity index (χ0) is 19.0. The molecule has 3 aromatic rings. The number of aryl methyl sites for hydroxylation is 1. The van der Waals surface area contributed by atoms with Gasteiger partial charge in [0.25, 0.3) is 11.5 Å². The zero-order valence-corrected chi connectivity index (χ0v) is 14.9. The number of nitrogens with one attached hydrogen (secondary N) is 1. The van der Waals surface area contributed by atoms with Gasteiger partial charge < -0.3 is 5.73 Å². The van der Waals surface area contributed by atoms with Crippen molar-refractivity contribution in [3.63, 3.8) is 0 Å². The van der Waals surface area contributed by atoms with Gasteiger partial charge in [0.1, 0.15) is 5.82 Å². The average Bonchev–Trinajstić information content (AvgIpc) is 3.15. The number of amides is 1. The second-order valence-electron chi connectivity index (χ2n) is 6.58. The average molecular weight is 361 g/mol. The first kappa shape index (κ1) is 17.0. The van der Waals surface area contributed by atoms with Gasteiger partial charge in [0, 0.05) is 24.2 Å². The first-order chi connectivity index (χ1) is 13.0. The molecule has 7 heteroatoms. The second kappa shape index (κ2) is 6.68. The topological polar surface area (TPSA) is 102 Å². The minimum Gasteiger partial charge on any atom is -0.399 e. The van der Waals surface area contributed by atoms with E-state index in [-0.39, 0.29) is 11.5 Å². The van der Waals surface area contributed by atoms with Gasteiger partial charge >= 0.3 is 0 Å². The van der Waals surface area contributed by atoms with Crippen LogP contribution < -0.4 is 16.7 Å². The largest absolute Gasteiger partial charge is 0.399 e. The molecule has 4 rings (SSSR count). The van der Waals surface area contributed by atoms with Crippen molar-refractivity contribution in [2.75, 3.05) is 5.73 Å². The van der Waals surface area contributed by atoms with E-state index in [1.807, 2.05) is 12.1 Å². The van der Waals surface area contributed by atoms with Gasteiger partial charge in [-0.25, -0.2) is 10.4 Å². The molecule has 0 spiro atoms. The monoisotopic (exact) mass is 361 g/mol. The van der Waals surface area contributed by atoms with Crippen LogP contribution in [0.4, 0.5) is 5.69 Å². The molecule has 3 N–H and O–H groups in total. The number of fused-ring (bicyclic) bond motifs is 2. The maximum absolute atomic E-state index is 12.5. The fourth-order valence-electron chi connectivity index (χ4n) is 3.21. The Labute approximate surface area is 155 Å². The van der Waals surface area contributed by atoms with Gasteiger partial charge in [0.15, 0.2) is 0 Å². The van der Waals surface area contributed by atoms with Crippen molar-refractivity contribution in [2.45, 2.75) is 26.3 Å². The summed E-state index contributed by atoms with van der Waals surface area (Å²) in [4.78, 5) is 29.5. The molecule has 0 fully saturated rings. The third-order valence-corrected chi connectivity index (χ3v) is 4.73. The number of anilines is 1. The summed E-state index contributed by atoms with van der Waals surface area (Å²) in [7, 11) is 0. The molecule has 0 unspecified atom stereocenters. The lowest BCUT2D eigenvalue weighted by Crippen LogP contribution is -2.22. The van der Waals surface area contributed by atoms with Crippen LogP contribution in [0.5, 0.6) is 0 Å². The molecule has 0 radical (unpaired) electrons. The zero-order valence-electron chi connectivity index (χ0n) is 14.9. The predicted molar refractivity (Wildman–Crippen MR) is 105 cm³/mol. The number of hydrazone groups is 1. The summed E-state index contributed by atoms with van der Waals surface area (Å²) in [5.41, 5.74) is 11.3. The van der Waals surface area contributed by atoms with Crippen molar-refractivity contribution in [1.29, 1.82) is 0 Å². The normalized spacial score (nSPS) is 13.6. The van der Waals surface area contributed by atoms with Crippen LogP contribution in [-0.2, 0) is 13.0 Å². The summed E-state index contributed by atoms with van der Waals surface area (Å²) < 4.78 is 1.71. The van der Waals surface area contributed by atoms with Crippen molar-refractivity contribution < 1.29 is 4.79 Å². The SMILES string of the molecule is C/C(=N/NC(=O)c1ccc2c(=O)n3c(nc2c1)CCC3)c1ccc(N)cc1. The minimum absolute atomic E-state index is 0.0447. The molecule has 2 heterocycles. The lowest BCUT2D eigenvalue weighted by atomic mass is 10.1. The van der Waals surface area contributed by atoms with Crippen molar-refractivity contribution >= 4 is 28.2 Å². The molecule has 1 aliphatic heterocycles. The standard InChI is InChI=1S/C20H19N5O2/c1-12(13-4-7-15(21)8-5-13)23-24-19(26)14-6-9-16-17(11-14)22-18-3-2-10-25(18)20(16)27/h4-9,11H,2-3,10,21H2,1H3,(H,24,26)/b23-12-. The molecule has 1 amide bonds. The molecular formula is C20H19N5O2. The first-order valence-corrected chi connectivity index (χ1v) is 8.77. The quantitative estimate of drug-likeness (QED) is 0.423. The minimum atomic E-state index is -0.353. The number of nitrogen functional groups attached to an aromatic ring is 1. The Balaban J connectivity index is 1.59. The highest BCUT2D eigenvalue weighted by atomic mass is 16.2. The van der Waals surface area contributed by atoms with Gasteiger partial charge in [-0.05, 0) is 49.2 Å². The van der Waals surface area contributed by atoms with Gasteiger partial charge in [-0.15, -0.1) is 0 Å². The molecule has 0 aliphatic carbocycles. The Morgan fingerprint density at radius 2 is 1.93 bits per heavy atom. The Morgan fingerprint density at radius 3 is 2.70 bits per heavy atom. The summed E-state index contributed by atoms with van der Waals surface area (Å²) >= 11 is 0. The fraction of sp³-hybridized carbons (Fsp3) is 0.200. The van der Waals surface area contributed by atoms with E-state index >= 15 is 0 Å². The van der Waals surface area contributed by atoms with Crippen molar-refractivity contribution in [3.8, 4) is 0 Å². The number of carbonyl (C=O) groups is 1. The van der Waals surface area contributed by atoms with E-state index in [1.54, 1.807) is 41.8 Å². The van der Waals surface area contributed by atoms with Crippen LogP contribution in [0.1, 0.15) is 35.1 Å². The Kier molecular flexibility index (Phi) is 4.19. The summed E-state index contributed by atoms with van der Waals surface area (Å²) in [6, 6.07) is 12.2. The summed E-state index contributed by atoms with van der Waals surface area (Å²) in [5, 5.41) is 4.67. The van der Waals surface area contributed by atoms with Crippen LogP contribution in [0, 0.1) is 0 Å².